The molecule has 5 heteroatoms. The maximum Gasteiger partial charge on any atom is 0.122 e. The fourth-order valence-corrected chi connectivity index (χ4v) is 2.26. The lowest BCUT2D eigenvalue weighted by Crippen LogP contribution is -2.33. The average Bonchev–Trinajstić information content (AvgIpc) is 2.37. The molecule has 0 spiro atoms. The highest BCUT2D eigenvalue weighted by molar-refractivity contribution is 6.34. The molecule has 0 radical (unpaired) electrons. The van der Waals surface area contributed by atoms with Crippen molar-refractivity contribution in [3.8, 4) is 5.75 Å². The van der Waals surface area contributed by atoms with Crippen LogP contribution in [0.1, 0.15) is 13.8 Å². The maximum absolute atomic E-state index is 5.89. The lowest BCUT2D eigenvalue weighted by atomic mass is 10.3. The molecule has 0 aliphatic heterocycles. The van der Waals surface area contributed by atoms with Crippen LogP contribution in [0.25, 0.3) is 0 Å². The number of likely N-dealkylation sites (N-methyl/N-ethyl adjacent to an activating group) is 1. The standard InChI is InChI=1S/C14H22Cl2N2O/c1-3-18(4-2)7-5-17-6-8-19-14-10-12(15)9-13(16)11-14/h9-11,17H,3-8H2,1-2H3. The molecule has 1 N–H and O–H groups in total. The van der Waals surface area contributed by atoms with Gasteiger partial charge in [0.2, 0.25) is 0 Å². The zero-order chi connectivity index (χ0) is 14.1. The van der Waals surface area contributed by atoms with E-state index in [-0.39, 0.29) is 0 Å². The lowest BCUT2D eigenvalue weighted by Gasteiger charge is -2.18. The monoisotopic (exact) mass is 304 g/mol. The molecule has 1 rings (SSSR count). The van der Waals surface area contributed by atoms with E-state index < -0.39 is 0 Å². The predicted molar refractivity (Wildman–Crippen MR) is 82.6 cm³/mol. The van der Waals surface area contributed by atoms with Gasteiger partial charge < -0.3 is 15.0 Å². The molecule has 0 unspecified atom stereocenters. The Morgan fingerprint density at radius 3 is 2.26 bits per heavy atom. The normalized spacial score (nSPS) is 11.0. The molecule has 0 amide bonds. The van der Waals surface area contributed by atoms with Crippen LogP contribution >= 0.6 is 23.2 Å². The topological polar surface area (TPSA) is 24.5 Å². The lowest BCUT2D eigenvalue weighted by molar-refractivity contribution is 0.285. The quantitative estimate of drug-likeness (QED) is 0.709. The van der Waals surface area contributed by atoms with Crippen molar-refractivity contribution in [2.24, 2.45) is 0 Å². The van der Waals surface area contributed by atoms with Gasteiger partial charge in [-0.1, -0.05) is 37.0 Å². The summed E-state index contributed by atoms with van der Waals surface area (Å²) in [5.74, 6) is 0.711. The second kappa shape index (κ2) is 9.43. The van der Waals surface area contributed by atoms with E-state index in [1.807, 2.05) is 0 Å². The number of hydrogen-bond donors (Lipinski definition) is 1. The minimum Gasteiger partial charge on any atom is -0.492 e. The van der Waals surface area contributed by atoms with Crippen molar-refractivity contribution in [3.05, 3.63) is 28.2 Å². The van der Waals surface area contributed by atoms with Crippen LogP contribution in [-0.4, -0.2) is 44.2 Å². The summed E-state index contributed by atoms with van der Waals surface area (Å²) in [6.45, 7) is 9.99. The van der Waals surface area contributed by atoms with Crippen molar-refractivity contribution in [2.75, 3.05) is 39.3 Å². The summed E-state index contributed by atoms with van der Waals surface area (Å²) in [6.07, 6.45) is 0. The fourth-order valence-electron chi connectivity index (χ4n) is 1.75. The SMILES string of the molecule is CCN(CC)CCNCCOc1cc(Cl)cc(Cl)c1. The molecule has 1 aromatic rings. The summed E-state index contributed by atoms with van der Waals surface area (Å²) < 4.78 is 5.58. The Hall–Kier alpha value is -0.480. The number of rotatable bonds is 9. The first-order valence-corrected chi connectivity index (χ1v) is 7.43. The van der Waals surface area contributed by atoms with E-state index >= 15 is 0 Å². The zero-order valence-corrected chi connectivity index (χ0v) is 13.1. The third kappa shape index (κ3) is 7.02. The summed E-state index contributed by atoms with van der Waals surface area (Å²) in [7, 11) is 0. The van der Waals surface area contributed by atoms with Crippen LogP contribution in [0, 0.1) is 0 Å². The molecule has 0 aliphatic carbocycles. The molecule has 0 bridgehead atoms. The summed E-state index contributed by atoms with van der Waals surface area (Å²) in [5.41, 5.74) is 0. The molecule has 0 aromatic heterocycles. The van der Waals surface area contributed by atoms with E-state index in [2.05, 4.69) is 24.1 Å². The van der Waals surface area contributed by atoms with Gasteiger partial charge in [-0.25, -0.2) is 0 Å². The van der Waals surface area contributed by atoms with Gasteiger partial charge in [0.25, 0.3) is 0 Å². The van der Waals surface area contributed by atoms with Gasteiger partial charge in [-0.2, -0.15) is 0 Å². The second-order valence-electron chi connectivity index (χ2n) is 4.23. The van der Waals surface area contributed by atoms with Crippen molar-refractivity contribution < 1.29 is 4.74 Å². The summed E-state index contributed by atoms with van der Waals surface area (Å²) in [5, 5.41) is 4.54. The van der Waals surface area contributed by atoms with Gasteiger partial charge in [-0.05, 0) is 31.3 Å². The molecular weight excluding hydrogens is 283 g/mol. The van der Waals surface area contributed by atoms with E-state index in [0.29, 0.717) is 22.4 Å². The van der Waals surface area contributed by atoms with Gasteiger partial charge >= 0.3 is 0 Å². The molecule has 0 fully saturated rings. The predicted octanol–water partition coefficient (Wildman–Crippen LogP) is 3.30. The second-order valence-corrected chi connectivity index (χ2v) is 5.10. The first-order valence-electron chi connectivity index (χ1n) is 6.67. The van der Waals surface area contributed by atoms with Gasteiger partial charge in [0.1, 0.15) is 12.4 Å². The molecule has 108 valence electrons. The molecule has 0 heterocycles. The van der Waals surface area contributed by atoms with E-state index in [1.165, 1.54) is 0 Å². The van der Waals surface area contributed by atoms with Crippen LogP contribution in [0.2, 0.25) is 10.0 Å². The molecule has 1 aromatic carbocycles. The molecule has 3 nitrogen and oxygen atoms in total. The average molecular weight is 305 g/mol. The van der Waals surface area contributed by atoms with Crippen molar-refractivity contribution in [3.63, 3.8) is 0 Å². The van der Waals surface area contributed by atoms with Crippen LogP contribution in [0.15, 0.2) is 18.2 Å². The van der Waals surface area contributed by atoms with E-state index in [9.17, 15) is 0 Å². The molecule has 0 saturated heterocycles. The van der Waals surface area contributed by atoms with Gasteiger partial charge in [0, 0.05) is 29.7 Å². The van der Waals surface area contributed by atoms with Crippen LogP contribution in [-0.2, 0) is 0 Å². The Labute approximate surface area is 125 Å². The van der Waals surface area contributed by atoms with E-state index in [4.69, 9.17) is 27.9 Å². The Bertz CT molecular complexity index is 350. The number of halogens is 2. The minimum atomic E-state index is 0.594. The highest BCUT2D eigenvalue weighted by atomic mass is 35.5. The number of ether oxygens (including phenoxy) is 1. The van der Waals surface area contributed by atoms with Crippen LogP contribution < -0.4 is 10.1 Å². The van der Waals surface area contributed by atoms with E-state index in [1.54, 1.807) is 18.2 Å². The van der Waals surface area contributed by atoms with Gasteiger partial charge in [-0.15, -0.1) is 0 Å². The third-order valence-corrected chi connectivity index (χ3v) is 3.32. The molecule has 0 aliphatic rings. The number of nitrogens with zero attached hydrogens (tertiary/aromatic N) is 1. The maximum atomic E-state index is 5.89. The molecule has 0 atom stereocenters. The number of hydrogen-bond acceptors (Lipinski definition) is 3. The van der Waals surface area contributed by atoms with Gasteiger partial charge in [-0.3, -0.25) is 0 Å². The fraction of sp³-hybridized carbons (Fsp3) is 0.571. The summed E-state index contributed by atoms with van der Waals surface area (Å²) >= 11 is 11.8. The Kier molecular flexibility index (Phi) is 8.22. The van der Waals surface area contributed by atoms with Crippen LogP contribution in [0.5, 0.6) is 5.75 Å². The van der Waals surface area contributed by atoms with Crippen molar-refractivity contribution in [2.45, 2.75) is 13.8 Å². The Morgan fingerprint density at radius 2 is 1.68 bits per heavy atom. The number of nitrogens with one attached hydrogen (secondary N) is 1. The van der Waals surface area contributed by atoms with Crippen molar-refractivity contribution >= 4 is 23.2 Å². The van der Waals surface area contributed by atoms with Crippen molar-refractivity contribution in [1.29, 1.82) is 0 Å². The van der Waals surface area contributed by atoms with Gasteiger partial charge in [0.05, 0.1) is 0 Å². The highest BCUT2D eigenvalue weighted by Gasteiger charge is 2.00. The summed E-state index contributed by atoms with van der Waals surface area (Å²) in [6, 6.07) is 5.23. The Morgan fingerprint density at radius 1 is 1.05 bits per heavy atom. The van der Waals surface area contributed by atoms with E-state index in [0.717, 1.165) is 32.7 Å². The van der Waals surface area contributed by atoms with Crippen LogP contribution in [0.4, 0.5) is 0 Å². The summed E-state index contributed by atoms with van der Waals surface area (Å²) in [4.78, 5) is 2.38. The minimum absolute atomic E-state index is 0.594. The largest absolute Gasteiger partial charge is 0.492 e. The zero-order valence-electron chi connectivity index (χ0n) is 11.6. The highest BCUT2D eigenvalue weighted by Crippen LogP contribution is 2.23. The molecule has 19 heavy (non-hydrogen) atoms. The smallest absolute Gasteiger partial charge is 0.122 e. The van der Waals surface area contributed by atoms with Gasteiger partial charge in [0.15, 0.2) is 0 Å². The van der Waals surface area contributed by atoms with Crippen LogP contribution in [0.3, 0.4) is 0 Å². The van der Waals surface area contributed by atoms with Crippen molar-refractivity contribution in [1.82, 2.24) is 10.2 Å². The third-order valence-electron chi connectivity index (χ3n) is 2.88. The Balaban J connectivity index is 2.14. The first kappa shape index (κ1) is 16.6. The molecule has 0 saturated carbocycles. The first-order chi connectivity index (χ1) is 9.15. The number of benzene rings is 1. The molecular formula is C14H22Cl2N2O.